The van der Waals surface area contributed by atoms with E-state index in [1.807, 2.05) is 41.3 Å². The van der Waals surface area contributed by atoms with Gasteiger partial charge in [-0.05, 0) is 28.8 Å². The number of nitrogens with zero attached hydrogens (tertiary/aromatic N) is 4. The normalized spacial score (nSPS) is 20.0. The second kappa shape index (κ2) is 9.36. The van der Waals surface area contributed by atoms with Gasteiger partial charge in [0.2, 0.25) is 11.8 Å². The van der Waals surface area contributed by atoms with Gasteiger partial charge in [0.05, 0.1) is 12.5 Å². The van der Waals surface area contributed by atoms with E-state index in [-0.39, 0.29) is 24.3 Å². The number of carbonyl (C=O) groups excluding carboxylic acids is 2. The van der Waals surface area contributed by atoms with Gasteiger partial charge in [-0.2, -0.15) is 0 Å². The second-order valence-corrected chi connectivity index (χ2v) is 8.06. The van der Waals surface area contributed by atoms with Crippen LogP contribution in [0.2, 0.25) is 0 Å². The molecule has 2 aliphatic rings. The SMILES string of the molecule is O=C1CC(C(=O)N2CCN(Cc3ccccc3CO)CC2)CN1Cc1ccncc1. The van der Waals surface area contributed by atoms with Crippen LogP contribution in [0.3, 0.4) is 0 Å². The number of likely N-dealkylation sites (tertiary alicyclic amines) is 1. The molecule has 7 nitrogen and oxygen atoms in total. The number of rotatable bonds is 6. The summed E-state index contributed by atoms with van der Waals surface area (Å²) in [6, 6.07) is 11.7. The Balaban J connectivity index is 1.28. The molecule has 0 saturated carbocycles. The first-order valence-corrected chi connectivity index (χ1v) is 10.5. The van der Waals surface area contributed by atoms with Crippen molar-refractivity contribution >= 4 is 11.8 Å². The number of aromatic nitrogens is 1. The monoisotopic (exact) mass is 408 g/mol. The molecule has 1 aromatic carbocycles. The molecule has 1 atom stereocenters. The molecule has 2 saturated heterocycles. The van der Waals surface area contributed by atoms with Gasteiger partial charge < -0.3 is 14.9 Å². The zero-order valence-corrected chi connectivity index (χ0v) is 17.1. The van der Waals surface area contributed by atoms with Gasteiger partial charge in [0.1, 0.15) is 0 Å². The average molecular weight is 409 g/mol. The Labute approximate surface area is 176 Å². The third-order valence-corrected chi connectivity index (χ3v) is 6.05. The van der Waals surface area contributed by atoms with Gasteiger partial charge in [-0.3, -0.25) is 19.5 Å². The summed E-state index contributed by atoms with van der Waals surface area (Å²) in [6.45, 7) is 4.79. The van der Waals surface area contributed by atoms with Gasteiger partial charge in [0, 0.05) is 64.6 Å². The Bertz CT molecular complexity index is 881. The first kappa shape index (κ1) is 20.5. The van der Waals surface area contributed by atoms with Crippen molar-refractivity contribution in [1.82, 2.24) is 19.7 Å². The molecule has 0 bridgehead atoms. The van der Waals surface area contributed by atoms with Crippen LogP contribution in [-0.4, -0.2) is 69.3 Å². The summed E-state index contributed by atoms with van der Waals surface area (Å²) in [5.74, 6) is -0.110. The molecule has 2 amide bonds. The van der Waals surface area contributed by atoms with Gasteiger partial charge in [-0.25, -0.2) is 0 Å². The summed E-state index contributed by atoms with van der Waals surface area (Å²) >= 11 is 0. The van der Waals surface area contributed by atoms with Gasteiger partial charge in [-0.1, -0.05) is 24.3 Å². The summed E-state index contributed by atoms with van der Waals surface area (Å²) in [7, 11) is 0. The molecular formula is C23H28N4O3. The van der Waals surface area contributed by atoms with Crippen LogP contribution >= 0.6 is 0 Å². The largest absolute Gasteiger partial charge is 0.392 e. The van der Waals surface area contributed by atoms with Crippen LogP contribution in [0.25, 0.3) is 0 Å². The van der Waals surface area contributed by atoms with Crippen molar-refractivity contribution in [3.63, 3.8) is 0 Å². The Kier molecular flexibility index (Phi) is 6.40. The molecule has 0 radical (unpaired) electrons. The molecule has 30 heavy (non-hydrogen) atoms. The summed E-state index contributed by atoms with van der Waals surface area (Å²) in [5, 5.41) is 9.51. The smallest absolute Gasteiger partial charge is 0.228 e. The molecule has 0 aliphatic carbocycles. The number of benzene rings is 1. The number of hydrogen-bond donors (Lipinski definition) is 1. The average Bonchev–Trinajstić information content (AvgIpc) is 3.15. The van der Waals surface area contributed by atoms with Crippen molar-refractivity contribution in [2.75, 3.05) is 32.7 Å². The minimum absolute atomic E-state index is 0.0420. The molecule has 1 aromatic heterocycles. The maximum absolute atomic E-state index is 13.0. The highest BCUT2D eigenvalue weighted by atomic mass is 16.3. The third-order valence-electron chi connectivity index (χ3n) is 6.05. The van der Waals surface area contributed by atoms with Crippen molar-refractivity contribution in [2.24, 2.45) is 5.92 Å². The molecule has 158 valence electrons. The predicted octanol–water partition coefficient (Wildman–Crippen LogP) is 1.27. The highest BCUT2D eigenvalue weighted by Gasteiger charge is 2.37. The molecule has 7 heteroatoms. The van der Waals surface area contributed by atoms with E-state index < -0.39 is 0 Å². The van der Waals surface area contributed by atoms with Crippen LogP contribution in [0.4, 0.5) is 0 Å². The van der Waals surface area contributed by atoms with Crippen LogP contribution in [0.1, 0.15) is 23.1 Å². The fourth-order valence-corrected chi connectivity index (χ4v) is 4.29. The standard InChI is InChI=1S/C23H28N4O3/c28-17-20-4-2-1-3-19(20)15-25-9-11-26(12-10-25)23(30)21-13-22(29)27(16-21)14-18-5-7-24-8-6-18/h1-8,21,28H,9-17H2. The zero-order valence-electron chi connectivity index (χ0n) is 17.1. The lowest BCUT2D eigenvalue weighted by Gasteiger charge is -2.36. The van der Waals surface area contributed by atoms with Crippen molar-refractivity contribution in [2.45, 2.75) is 26.1 Å². The van der Waals surface area contributed by atoms with E-state index >= 15 is 0 Å². The van der Waals surface area contributed by atoms with Crippen LogP contribution in [-0.2, 0) is 29.3 Å². The van der Waals surface area contributed by atoms with Gasteiger partial charge in [0.25, 0.3) is 0 Å². The molecule has 4 rings (SSSR count). The van der Waals surface area contributed by atoms with Crippen molar-refractivity contribution < 1.29 is 14.7 Å². The van der Waals surface area contributed by atoms with Crippen molar-refractivity contribution in [3.8, 4) is 0 Å². The maximum atomic E-state index is 13.0. The number of piperazine rings is 1. The van der Waals surface area contributed by atoms with Gasteiger partial charge in [-0.15, -0.1) is 0 Å². The molecular weight excluding hydrogens is 380 g/mol. The van der Waals surface area contributed by atoms with Crippen molar-refractivity contribution in [3.05, 3.63) is 65.5 Å². The Morgan fingerprint density at radius 3 is 2.40 bits per heavy atom. The first-order valence-electron chi connectivity index (χ1n) is 10.5. The molecule has 2 fully saturated rings. The summed E-state index contributed by atoms with van der Waals surface area (Å²) < 4.78 is 0. The summed E-state index contributed by atoms with van der Waals surface area (Å²) in [4.78, 5) is 35.4. The topological polar surface area (TPSA) is 77.0 Å². The quantitative estimate of drug-likeness (QED) is 0.779. The molecule has 2 aliphatic heterocycles. The number of carbonyl (C=O) groups is 2. The predicted molar refractivity (Wildman–Crippen MR) is 112 cm³/mol. The lowest BCUT2D eigenvalue weighted by atomic mass is 10.1. The minimum Gasteiger partial charge on any atom is -0.392 e. The van der Waals surface area contributed by atoms with E-state index in [9.17, 15) is 14.7 Å². The van der Waals surface area contributed by atoms with E-state index in [1.54, 1.807) is 17.3 Å². The van der Waals surface area contributed by atoms with Gasteiger partial charge >= 0.3 is 0 Å². The third kappa shape index (κ3) is 4.68. The Hall–Kier alpha value is -2.77. The molecule has 0 spiro atoms. The lowest BCUT2D eigenvalue weighted by Crippen LogP contribution is -2.50. The first-order chi connectivity index (χ1) is 14.6. The van der Waals surface area contributed by atoms with Crippen LogP contribution in [0, 0.1) is 5.92 Å². The van der Waals surface area contributed by atoms with E-state index in [0.29, 0.717) is 32.6 Å². The number of pyridine rings is 1. The van der Waals surface area contributed by atoms with Crippen LogP contribution < -0.4 is 0 Å². The molecule has 3 heterocycles. The van der Waals surface area contributed by atoms with E-state index in [1.165, 1.54) is 0 Å². The van der Waals surface area contributed by atoms with Gasteiger partial charge in [0.15, 0.2) is 0 Å². The van der Waals surface area contributed by atoms with E-state index in [0.717, 1.165) is 36.3 Å². The summed E-state index contributed by atoms with van der Waals surface area (Å²) in [6.07, 6.45) is 3.74. The lowest BCUT2D eigenvalue weighted by molar-refractivity contribution is -0.137. The maximum Gasteiger partial charge on any atom is 0.228 e. The fraction of sp³-hybridized carbons (Fsp3) is 0.435. The van der Waals surface area contributed by atoms with Crippen molar-refractivity contribution in [1.29, 1.82) is 0 Å². The highest BCUT2D eigenvalue weighted by molar-refractivity contribution is 5.89. The fourth-order valence-electron chi connectivity index (χ4n) is 4.29. The molecule has 1 N–H and O–H groups in total. The molecule has 2 aromatic rings. The number of aliphatic hydroxyl groups excluding tert-OH is 1. The van der Waals surface area contributed by atoms with E-state index in [2.05, 4.69) is 9.88 Å². The van der Waals surface area contributed by atoms with Crippen LogP contribution in [0.15, 0.2) is 48.8 Å². The second-order valence-electron chi connectivity index (χ2n) is 8.06. The zero-order chi connectivity index (χ0) is 20.9. The van der Waals surface area contributed by atoms with E-state index in [4.69, 9.17) is 0 Å². The minimum atomic E-state index is -0.249. The van der Waals surface area contributed by atoms with Crippen LogP contribution in [0.5, 0.6) is 0 Å². The molecule has 1 unspecified atom stereocenters. The number of amides is 2. The number of aliphatic hydroxyl groups is 1. The Morgan fingerprint density at radius 2 is 1.70 bits per heavy atom. The highest BCUT2D eigenvalue weighted by Crippen LogP contribution is 2.23. The number of hydrogen-bond acceptors (Lipinski definition) is 5. The summed E-state index contributed by atoms with van der Waals surface area (Å²) in [5.41, 5.74) is 3.12. The Morgan fingerprint density at radius 1 is 1.00 bits per heavy atom.